The lowest BCUT2D eigenvalue weighted by Gasteiger charge is -2.05. The van der Waals surface area contributed by atoms with E-state index in [9.17, 15) is 0 Å². The van der Waals surface area contributed by atoms with Gasteiger partial charge in [-0.15, -0.1) is 0 Å². The topological polar surface area (TPSA) is 45.9 Å². The maximum Gasteiger partial charge on any atom is 0.140 e. The van der Waals surface area contributed by atoms with Crippen LogP contribution in [-0.2, 0) is 0 Å². The van der Waals surface area contributed by atoms with E-state index in [4.69, 9.17) is 10.00 Å². The van der Waals surface area contributed by atoms with Crippen LogP contribution < -0.4 is 4.74 Å². The number of allylic oxidation sites excluding steroid dienone is 1. The van der Waals surface area contributed by atoms with Crippen LogP contribution in [0, 0.1) is 11.3 Å². The Morgan fingerprint density at radius 1 is 1.10 bits per heavy atom. The number of rotatable bonds is 5. The monoisotopic (exact) mass is 264 g/mol. The molecular weight excluding hydrogens is 248 g/mol. The van der Waals surface area contributed by atoms with E-state index >= 15 is 0 Å². The lowest BCUT2D eigenvalue weighted by atomic mass is 10.1. The van der Waals surface area contributed by atoms with Crippen molar-refractivity contribution in [3.8, 4) is 22.9 Å². The summed E-state index contributed by atoms with van der Waals surface area (Å²) in [5, 5.41) is 8.72. The molecule has 0 amide bonds. The lowest BCUT2D eigenvalue weighted by Crippen LogP contribution is -1.93. The van der Waals surface area contributed by atoms with Crippen molar-refractivity contribution in [2.24, 2.45) is 0 Å². The van der Waals surface area contributed by atoms with Crippen LogP contribution in [0.3, 0.4) is 0 Å². The number of pyridine rings is 1. The van der Waals surface area contributed by atoms with Crippen LogP contribution in [0.25, 0.3) is 11.1 Å². The highest BCUT2D eigenvalue weighted by Crippen LogP contribution is 2.21. The highest BCUT2D eigenvalue weighted by Gasteiger charge is 1.99. The van der Waals surface area contributed by atoms with Crippen molar-refractivity contribution in [3.63, 3.8) is 0 Å². The second kappa shape index (κ2) is 7.10. The van der Waals surface area contributed by atoms with Gasteiger partial charge in [-0.1, -0.05) is 31.2 Å². The summed E-state index contributed by atoms with van der Waals surface area (Å²) in [6.07, 6.45) is 6.82. The molecule has 0 spiro atoms. The van der Waals surface area contributed by atoms with Gasteiger partial charge in [0.1, 0.15) is 24.1 Å². The van der Waals surface area contributed by atoms with E-state index in [1.807, 2.05) is 42.5 Å². The second-order valence-corrected chi connectivity index (χ2v) is 4.26. The Kier molecular flexibility index (Phi) is 4.91. The van der Waals surface area contributed by atoms with Crippen LogP contribution in [0.5, 0.6) is 5.75 Å². The van der Waals surface area contributed by atoms with Gasteiger partial charge in [0.15, 0.2) is 0 Å². The summed E-state index contributed by atoms with van der Waals surface area (Å²) in [6.45, 7) is 2.68. The molecule has 2 rings (SSSR count). The summed E-state index contributed by atoms with van der Waals surface area (Å²) >= 11 is 0. The predicted molar refractivity (Wildman–Crippen MR) is 79.3 cm³/mol. The van der Waals surface area contributed by atoms with Crippen LogP contribution in [0.2, 0.25) is 0 Å². The summed E-state index contributed by atoms with van der Waals surface area (Å²) in [7, 11) is 0. The van der Waals surface area contributed by atoms with Crippen LogP contribution >= 0.6 is 0 Å². The van der Waals surface area contributed by atoms with Crippen LogP contribution in [0.15, 0.2) is 54.7 Å². The fraction of sp³-hybridized carbons (Fsp3) is 0.176. The Balaban J connectivity index is 2.03. The van der Waals surface area contributed by atoms with Crippen LogP contribution in [0.1, 0.15) is 19.0 Å². The van der Waals surface area contributed by atoms with Crippen molar-refractivity contribution in [2.45, 2.75) is 13.3 Å². The minimum atomic E-state index is 0.427. The van der Waals surface area contributed by atoms with Crippen LogP contribution in [0.4, 0.5) is 0 Å². The van der Waals surface area contributed by atoms with Crippen molar-refractivity contribution in [3.05, 3.63) is 60.4 Å². The zero-order valence-corrected chi connectivity index (χ0v) is 11.4. The molecule has 3 nitrogen and oxygen atoms in total. The molecule has 0 saturated heterocycles. The molecule has 100 valence electrons. The maximum atomic E-state index is 8.72. The molecule has 0 aliphatic rings. The van der Waals surface area contributed by atoms with Gasteiger partial charge in [0.2, 0.25) is 0 Å². The van der Waals surface area contributed by atoms with Crippen molar-refractivity contribution in [1.82, 2.24) is 4.98 Å². The Hall–Kier alpha value is -2.60. The van der Waals surface area contributed by atoms with Crippen molar-refractivity contribution in [1.29, 1.82) is 5.26 Å². The third kappa shape index (κ3) is 3.69. The van der Waals surface area contributed by atoms with E-state index in [1.165, 1.54) is 0 Å². The van der Waals surface area contributed by atoms with Gasteiger partial charge in [0.25, 0.3) is 0 Å². The quantitative estimate of drug-likeness (QED) is 0.768. The van der Waals surface area contributed by atoms with E-state index in [0.29, 0.717) is 12.3 Å². The summed E-state index contributed by atoms with van der Waals surface area (Å²) in [4.78, 5) is 4.06. The molecule has 0 atom stereocenters. The molecule has 0 unspecified atom stereocenters. The molecule has 0 bridgehead atoms. The van der Waals surface area contributed by atoms with E-state index in [-0.39, 0.29) is 0 Å². The first kappa shape index (κ1) is 13.8. The number of nitriles is 1. The molecule has 0 N–H and O–H groups in total. The molecule has 20 heavy (non-hydrogen) atoms. The number of ether oxygens (including phenoxy) is 1. The molecular formula is C17H16N2O. The Morgan fingerprint density at radius 3 is 2.45 bits per heavy atom. The molecule has 1 heterocycles. The lowest BCUT2D eigenvalue weighted by molar-refractivity contribution is 0.362. The van der Waals surface area contributed by atoms with E-state index in [0.717, 1.165) is 23.3 Å². The number of hydrogen-bond donors (Lipinski definition) is 0. The first-order valence-electron chi connectivity index (χ1n) is 6.58. The number of nitrogens with zero attached hydrogens (tertiary/aromatic N) is 2. The van der Waals surface area contributed by atoms with Gasteiger partial charge in [0, 0.05) is 11.8 Å². The third-order valence-corrected chi connectivity index (χ3v) is 2.81. The molecule has 0 aliphatic heterocycles. The standard InChI is InChI=1S/C17H16N2O/c1-2-3-4-11-20-17-9-6-14(7-10-17)15-5-8-16(12-18)19-13-15/h3-10,13H,2,11H2,1H3/b4-3+. The van der Waals surface area contributed by atoms with E-state index in [1.54, 1.807) is 12.3 Å². The SMILES string of the molecule is CC/C=C/COc1ccc(-c2ccc(C#N)nc2)cc1. The Bertz CT molecular complexity index is 607. The Morgan fingerprint density at radius 2 is 1.85 bits per heavy atom. The summed E-state index contributed by atoms with van der Waals surface area (Å²) in [6, 6.07) is 13.5. The average molecular weight is 264 g/mol. The fourth-order valence-corrected chi connectivity index (χ4v) is 1.75. The molecule has 0 fully saturated rings. The molecule has 1 aromatic carbocycles. The van der Waals surface area contributed by atoms with Gasteiger partial charge < -0.3 is 4.74 Å². The van der Waals surface area contributed by atoms with Gasteiger partial charge in [0.05, 0.1) is 0 Å². The van der Waals surface area contributed by atoms with Gasteiger partial charge >= 0.3 is 0 Å². The summed E-state index contributed by atoms with van der Waals surface area (Å²) in [5.74, 6) is 0.844. The molecule has 0 saturated carbocycles. The van der Waals surface area contributed by atoms with Crippen molar-refractivity contribution >= 4 is 0 Å². The number of aromatic nitrogens is 1. The second-order valence-electron chi connectivity index (χ2n) is 4.26. The van der Waals surface area contributed by atoms with Gasteiger partial charge in [-0.05, 0) is 36.2 Å². The molecule has 0 aliphatic carbocycles. The van der Waals surface area contributed by atoms with E-state index in [2.05, 4.69) is 18.0 Å². The smallest absolute Gasteiger partial charge is 0.140 e. The highest BCUT2D eigenvalue weighted by atomic mass is 16.5. The summed E-state index contributed by atoms with van der Waals surface area (Å²) < 4.78 is 5.59. The fourth-order valence-electron chi connectivity index (χ4n) is 1.75. The zero-order valence-electron chi connectivity index (χ0n) is 11.4. The third-order valence-electron chi connectivity index (χ3n) is 2.81. The minimum Gasteiger partial charge on any atom is -0.490 e. The highest BCUT2D eigenvalue weighted by molar-refractivity contribution is 5.63. The van der Waals surface area contributed by atoms with Gasteiger partial charge in [-0.25, -0.2) is 4.98 Å². The largest absolute Gasteiger partial charge is 0.490 e. The zero-order chi connectivity index (χ0) is 14.2. The van der Waals surface area contributed by atoms with Gasteiger partial charge in [-0.3, -0.25) is 0 Å². The predicted octanol–water partition coefficient (Wildman–Crippen LogP) is 3.97. The maximum absolute atomic E-state index is 8.72. The Labute approximate surface area is 119 Å². The molecule has 3 heteroatoms. The van der Waals surface area contributed by atoms with Gasteiger partial charge in [-0.2, -0.15) is 5.26 Å². The van der Waals surface area contributed by atoms with Crippen LogP contribution in [-0.4, -0.2) is 11.6 Å². The molecule has 1 aromatic heterocycles. The molecule has 0 radical (unpaired) electrons. The van der Waals surface area contributed by atoms with Crippen molar-refractivity contribution in [2.75, 3.05) is 6.61 Å². The first-order valence-corrected chi connectivity index (χ1v) is 6.58. The first-order chi connectivity index (χ1) is 9.83. The minimum absolute atomic E-state index is 0.427. The van der Waals surface area contributed by atoms with Crippen molar-refractivity contribution < 1.29 is 4.74 Å². The summed E-state index contributed by atoms with van der Waals surface area (Å²) in [5.41, 5.74) is 2.47. The van der Waals surface area contributed by atoms with E-state index < -0.39 is 0 Å². The number of benzene rings is 1. The molecule has 2 aromatic rings. The average Bonchev–Trinajstić information content (AvgIpc) is 2.52. The number of hydrogen-bond acceptors (Lipinski definition) is 3. The normalized spacial score (nSPS) is 10.4.